The molecular weight excluding hydrogens is 146 g/mol. The van der Waals surface area contributed by atoms with E-state index in [0.29, 0.717) is 10.8 Å². The molecule has 0 amide bonds. The highest BCUT2D eigenvalue weighted by Gasteiger charge is 2.18. The molecule has 12 heavy (non-hydrogen) atoms. The Bertz CT molecular complexity index is 109. The van der Waals surface area contributed by atoms with Gasteiger partial charge in [0.25, 0.3) is 0 Å². The van der Waals surface area contributed by atoms with Crippen LogP contribution < -0.4 is 0 Å². The first-order chi connectivity index (χ1) is 5.10. The maximum absolute atomic E-state index is 2.42. The molecule has 1 nitrogen and oxygen atoms in total. The Hall–Kier alpha value is -0.0400. The van der Waals surface area contributed by atoms with Crippen molar-refractivity contribution in [1.29, 1.82) is 0 Å². The second kappa shape index (κ2) is 3.78. The molecular formula is C11H25N. The van der Waals surface area contributed by atoms with E-state index in [4.69, 9.17) is 0 Å². The maximum atomic E-state index is 2.42. The van der Waals surface area contributed by atoms with Crippen LogP contribution >= 0.6 is 0 Å². The molecule has 0 heterocycles. The summed E-state index contributed by atoms with van der Waals surface area (Å²) in [5, 5.41) is 0. The first kappa shape index (κ1) is 12.0. The van der Waals surface area contributed by atoms with Gasteiger partial charge in [-0.2, -0.15) is 0 Å². The van der Waals surface area contributed by atoms with Crippen molar-refractivity contribution < 1.29 is 0 Å². The quantitative estimate of drug-likeness (QED) is 0.617. The Morgan fingerprint density at radius 1 is 0.750 bits per heavy atom. The highest BCUT2D eigenvalue weighted by molar-refractivity contribution is 4.71. The van der Waals surface area contributed by atoms with Crippen molar-refractivity contribution in [1.82, 2.24) is 4.90 Å². The lowest BCUT2D eigenvalue weighted by Crippen LogP contribution is -2.35. The SMILES string of the molecule is CN(CC(C)(C)C)CC(C)(C)C. The molecule has 0 saturated heterocycles. The molecule has 0 atom stereocenters. The van der Waals surface area contributed by atoms with E-state index in [0.717, 1.165) is 0 Å². The fourth-order valence-electron chi connectivity index (χ4n) is 1.68. The second-order valence-corrected chi connectivity index (χ2v) is 6.29. The van der Waals surface area contributed by atoms with Crippen molar-refractivity contribution in [2.75, 3.05) is 20.1 Å². The molecule has 0 bridgehead atoms. The molecule has 0 aliphatic carbocycles. The molecule has 74 valence electrons. The highest BCUT2D eigenvalue weighted by Crippen LogP contribution is 2.19. The predicted molar refractivity (Wildman–Crippen MR) is 56.4 cm³/mol. The molecule has 0 aromatic carbocycles. The average Bonchev–Trinajstić information content (AvgIpc) is 1.49. The van der Waals surface area contributed by atoms with Crippen molar-refractivity contribution >= 4 is 0 Å². The normalized spacial score (nSPS) is 14.0. The largest absolute Gasteiger partial charge is 0.305 e. The standard InChI is InChI=1S/C11H25N/c1-10(2,3)8-12(7)9-11(4,5)6/h8-9H2,1-7H3. The molecule has 0 rings (SSSR count). The zero-order chi connectivity index (χ0) is 9.99. The summed E-state index contributed by atoms with van der Waals surface area (Å²) in [7, 11) is 2.20. The van der Waals surface area contributed by atoms with E-state index in [1.165, 1.54) is 13.1 Å². The van der Waals surface area contributed by atoms with Gasteiger partial charge in [-0.25, -0.2) is 0 Å². The minimum Gasteiger partial charge on any atom is -0.305 e. The molecule has 0 aliphatic rings. The van der Waals surface area contributed by atoms with Crippen LogP contribution in [0.5, 0.6) is 0 Å². The van der Waals surface area contributed by atoms with Crippen LogP contribution in [0.25, 0.3) is 0 Å². The van der Waals surface area contributed by atoms with Crippen LogP contribution in [0.15, 0.2) is 0 Å². The third-order valence-electron chi connectivity index (χ3n) is 1.49. The number of hydrogen-bond acceptors (Lipinski definition) is 1. The van der Waals surface area contributed by atoms with Crippen molar-refractivity contribution in [2.45, 2.75) is 41.5 Å². The van der Waals surface area contributed by atoms with E-state index in [2.05, 4.69) is 53.5 Å². The molecule has 0 aromatic rings. The van der Waals surface area contributed by atoms with Gasteiger partial charge in [0.2, 0.25) is 0 Å². The van der Waals surface area contributed by atoms with Gasteiger partial charge >= 0.3 is 0 Å². The highest BCUT2D eigenvalue weighted by atomic mass is 15.1. The molecule has 0 N–H and O–H groups in total. The minimum atomic E-state index is 0.417. The smallest absolute Gasteiger partial charge is 0.00272 e. The van der Waals surface area contributed by atoms with E-state index in [1.807, 2.05) is 0 Å². The van der Waals surface area contributed by atoms with Gasteiger partial charge in [0, 0.05) is 13.1 Å². The van der Waals surface area contributed by atoms with Crippen LogP contribution in [0.1, 0.15) is 41.5 Å². The van der Waals surface area contributed by atoms with E-state index >= 15 is 0 Å². The zero-order valence-electron chi connectivity index (χ0n) is 9.86. The minimum absolute atomic E-state index is 0.417. The van der Waals surface area contributed by atoms with Gasteiger partial charge in [-0.1, -0.05) is 41.5 Å². The maximum Gasteiger partial charge on any atom is 0.00272 e. The molecule has 1 heteroatoms. The van der Waals surface area contributed by atoms with Gasteiger partial charge < -0.3 is 4.90 Å². The van der Waals surface area contributed by atoms with Crippen LogP contribution in [0.4, 0.5) is 0 Å². The third kappa shape index (κ3) is 8.06. The summed E-state index contributed by atoms with van der Waals surface area (Å²) < 4.78 is 0. The van der Waals surface area contributed by atoms with Crippen LogP contribution in [0, 0.1) is 10.8 Å². The average molecular weight is 171 g/mol. The Labute approximate surface area is 78.1 Å². The summed E-state index contributed by atoms with van der Waals surface area (Å²) >= 11 is 0. The molecule has 0 radical (unpaired) electrons. The molecule has 0 fully saturated rings. The first-order valence-electron chi connectivity index (χ1n) is 4.79. The van der Waals surface area contributed by atoms with Gasteiger partial charge in [-0.3, -0.25) is 0 Å². The Kier molecular flexibility index (Phi) is 3.77. The lowest BCUT2D eigenvalue weighted by Gasteiger charge is -2.31. The summed E-state index contributed by atoms with van der Waals surface area (Å²) in [6.07, 6.45) is 0. The molecule has 0 aromatic heterocycles. The molecule has 0 unspecified atom stereocenters. The van der Waals surface area contributed by atoms with Gasteiger partial charge in [0.05, 0.1) is 0 Å². The number of rotatable bonds is 2. The van der Waals surface area contributed by atoms with E-state index in [9.17, 15) is 0 Å². The van der Waals surface area contributed by atoms with E-state index in [-0.39, 0.29) is 0 Å². The summed E-state index contributed by atoms with van der Waals surface area (Å²) in [6.45, 7) is 16.0. The number of nitrogens with zero attached hydrogens (tertiary/aromatic N) is 1. The summed E-state index contributed by atoms with van der Waals surface area (Å²) in [4.78, 5) is 2.42. The topological polar surface area (TPSA) is 3.24 Å². The van der Waals surface area contributed by atoms with E-state index in [1.54, 1.807) is 0 Å². The zero-order valence-corrected chi connectivity index (χ0v) is 9.86. The molecule has 0 saturated carbocycles. The molecule has 0 spiro atoms. The second-order valence-electron chi connectivity index (χ2n) is 6.29. The Balaban J connectivity index is 3.83. The van der Waals surface area contributed by atoms with Crippen molar-refractivity contribution in [3.05, 3.63) is 0 Å². The van der Waals surface area contributed by atoms with E-state index < -0.39 is 0 Å². The fraction of sp³-hybridized carbons (Fsp3) is 1.00. The van der Waals surface area contributed by atoms with Crippen molar-refractivity contribution in [2.24, 2.45) is 10.8 Å². The van der Waals surface area contributed by atoms with Crippen LogP contribution in [-0.4, -0.2) is 25.0 Å². The molecule has 0 aliphatic heterocycles. The van der Waals surface area contributed by atoms with Gasteiger partial charge in [-0.05, 0) is 17.9 Å². The summed E-state index contributed by atoms with van der Waals surface area (Å²) in [5.41, 5.74) is 0.833. The lowest BCUT2D eigenvalue weighted by atomic mass is 9.92. The Morgan fingerprint density at radius 2 is 1.00 bits per heavy atom. The third-order valence-corrected chi connectivity index (χ3v) is 1.49. The summed E-state index contributed by atoms with van der Waals surface area (Å²) in [6, 6.07) is 0. The predicted octanol–water partition coefficient (Wildman–Crippen LogP) is 3.01. The number of hydrogen-bond donors (Lipinski definition) is 0. The van der Waals surface area contributed by atoms with Crippen molar-refractivity contribution in [3.63, 3.8) is 0 Å². The van der Waals surface area contributed by atoms with Gasteiger partial charge in [-0.15, -0.1) is 0 Å². The first-order valence-corrected chi connectivity index (χ1v) is 4.79. The Morgan fingerprint density at radius 3 is 1.17 bits per heavy atom. The van der Waals surface area contributed by atoms with Gasteiger partial charge in [0.1, 0.15) is 0 Å². The monoisotopic (exact) mass is 171 g/mol. The van der Waals surface area contributed by atoms with Crippen LogP contribution in [-0.2, 0) is 0 Å². The van der Waals surface area contributed by atoms with Gasteiger partial charge in [0.15, 0.2) is 0 Å². The summed E-state index contributed by atoms with van der Waals surface area (Å²) in [5.74, 6) is 0. The van der Waals surface area contributed by atoms with Crippen LogP contribution in [0.3, 0.4) is 0 Å². The fourth-order valence-corrected chi connectivity index (χ4v) is 1.68. The van der Waals surface area contributed by atoms with Crippen LogP contribution in [0.2, 0.25) is 0 Å². The lowest BCUT2D eigenvalue weighted by molar-refractivity contribution is 0.171. The van der Waals surface area contributed by atoms with Crippen molar-refractivity contribution in [3.8, 4) is 0 Å².